The second-order valence-corrected chi connectivity index (χ2v) is 4.21. The van der Waals surface area contributed by atoms with E-state index in [2.05, 4.69) is 10.3 Å². The maximum Gasteiger partial charge on any atom is 0.255 e. The molecule has 0 aliphatic carbocycles. The summed E-state index contributed by atoms with van der Waals surface area (Å²) in [5, 5.41) is 2.87. The van der Waals surface area contributed by atoms with Crippen LogP contribution in [0.1, 0.15) is 21.5 Å². The van der Waals surface area contributed by atoms with Crippen molar-refractivity contribution in [2.24, 2.45) is 0 Å². The van der Waals surface area contributed by atoms with E-state index in [0.29, 0.717) is 5.56 Å². The Labute approximate surface area is 106 Å². The molecule has 1 heterocycles. The molecule has 0 bridgehead atoms. The number of nitrogens with zero attached hydrogens (tertiary/aromatic N) is 1. The number of pyridine rings is 1. The second-order valence-electron chi connectivity index (χ2n) is 4.21. The zero-order chi connectivity index (χ0) is 13.1. The summed E-state index contributed by atoms with van der Waals surface area (Å²) in [5.74, 6) is -0.148. The van der Waals surface area contributed by atoms with Crippen LogP contribution >= 0.6 is 0 Å². The Morgan fingerprint density at radius 2 is 1.83 bits per heavy atom. The molecule has 2 rings (SSSR count). The van der Waals surface area contributed by atoms with Crippen molar-refractivity contribution in [3.8, 4) is 0 Å². The number of carbonyl (C=O) groups excluding carboxylic acids is 1. The molecule has 0 saturated carbocycles. The number of hydrogen-bond acceptors (Lipinski definition) is 3. The van der Waals surface area contributed by atoms with Gasteiger partial charge in [0, 0.05) is 29.3 Å². The summed E-state index contributed by atoms with van der Waals surface area (Å²) in [4.78, 5) is 15.9. The van der Waals surface area contributed by atoms with Crippen molar-refractivity contribution >= 4 is 17.3 Å². The van der Waals surface area contributed by atoms with Gasteiger partial charge in [-0.2, -0.15) is 0 Å². The van der Waals surface area contributed by atoms with Crippen LogP contribution in [0.4, 0.5) is 11.4 Å². The van der Waals surface area contributed by atoms with Gasteiger partial charge in [0.05, 0.1) is 0 Å². The molecule has 0 unspecified atom stereocenters. The molecular weight excluding hydrogens is 226 g/mol. The molecule has 3 N–H and O–H groups in total. The number of nitrogens with two attached hydrogens (primary N) is 1. The van der Waals surface area contributed by atoms with Gasteiger partial charge in [0.15, 0.2) is 0 Å². The van der Waals surface area contributed by atoms with E-state index in [9.17, 15) is 4.79 Å². The molecule has 0 radical (unpaired) electrons. The van der Waals surface area contributed by atoms with Gasteiger partial charge in [-0.15, -0.1) is 0 Å². The summed E-state index contributed by atoms with van der Waals surface area (Å²) >= 11 is 0. The van der Waals surface area contributed by atoms with Gasteiger partial charge in [0.2, 0.25) is 0 Å². The maximum atomic E-state index is 12.0. The van der Waals surface area contributed by atoms with Gasteiger partial charge in [0.1, 0.15) is 0 Å². The highest BCUT2D eigenvalue weighted by Crippen LogP contribution is 2.22. The maximum absolute atomic E-state index is 12.0. The number of carbonyl (C=O) groups is 1. The summed E-state index contributed by atoms with van der Waals surface area (Å²) in [7, 11) is 0. The summed E-state index contributed by atoms with van der Waals surface area (Å²) in [6, 6.07) is 7.09. The molecule has 0 atom stereocenters. The smallest absolute Gasteiger partial charge is 0.255 e. The van der Waals surface area contributed by atoms with Crippen LogP contribution in [-0.4, -0.2) is 10.9 Å². The van der Waals surface area contributed by atoms with E-state index in [1.165, 1.54) is 0 Å². The van der Waals surface area contributed by atoms with Crippen LogP contribution in [0.15, 0.2) is 36.7 Å². The number of benzene rings is 1. The number of nitrogens with one attached hydrogen (secondary N) is 1. The normalized spacial score (nSPS) is 10.1. The van der Waals surface area contributed by atoms with Crippen molar-refractivity contribution in [3.63, 3.8) is 0 Å². The van der Waals surface area contributed by atoms with Crippen molar-refractivity contribution in [2.45, 2.75) is 13.8 Å². The Bertz CT molecular complexity index is 579. The molecule has 18 heavy (non-hydrogen) atoms. The predicted molar refractivity (Wildman–Crippen MR) is 72.5 cm³/mol. The van der Waals surface area contributed by atoms with Gasteiger partial charge in [-0.1, -0.05) is 0 Å². The molecule has 1 aromatic heterocycles. The monoisotopic (exact) mass is 241 g/mol. The minimum Gasteiger partial charge on any atom is -0.399 e. The lowest BCUT2D eigenvalue weighted by Crippen LogP contribution is -2.13. The first kappa shape index (κ1) is 12.1. The number of aromatic nitrogens is 1. The molecule has 0 saturated heterocycles. The van der Waals surface area contributed by atoms with Gasteiger partial charge < -0.3 is 11.1 Å². The molecule has 1 amide bonds. The Balaban J connectivity index is 2.25. The number of nitrogen functional groups attached to an aromatic ring is 1. The molecule has 0 spiro atoms. The second kappa shape index (κ2) is 4.87. The van der Waals surface area contributed by atoms with E-state index in [4.69, 9.17) is 5.73 Å². The Morgan fingerprint density at radius 1 is 1.17 bits per heavy atom. The third kappa shape index (κ3) is 2.48. The summed E-state index contributed by atoms with van der Waals surface area (Å²) in [5.41, 5.74) is 9.80. The number of rotatable bonds is 2. The highest BCUT2D eigenvalue weighted by molar-refractivity contribution is 6.04. The lowest BCUT2D eigenvalue weighted by Gasteiger charge is -2.11. The molecule has 0 aliphatic heterocycles. The zero-order valence-electron chi connectivity index (χ0n) is 10.4. The van der Waals surface area contributed by atoms with Crippen LogP contribution in [0.25, 0.3) is 0 Å². The molecule has 1 aromatic carbocycles. The van der Waals surface area contributed by atoms with Crippen molar-refractivity contribution < 1.29 is 4.79 Å². The minimum atomic E-state index is -0.148. The molecule has 92 valence electrons. The van der Waals surface area contributed by atoms with Crippen molar-refractivity contribution in [1.29, 1.82) is 0 Å². The van der Waals surface area contributed by atoms with E-state index < -0.39 is 0 Å². The highest BCUT2D eigenvalue weighted by Gasteiger charge is 2.08. The third-order valence-electron chi connectivity index (χ3n) is 2.80. The van der Waals surface area contributed by atoms with E-state index in [1.807, 2.05) is 26.0 Å². The van der Waals surface area contributed by atoms with Crippen molar-refractivity contribution in [1.82, 2.24) is 4.98 Å². The topological polar surface area (TPSA) is 68.0 Å². The average Bonchev–Trinajstić information content (AvgIpc) is 2.37. The Hall–Kier alpha value is -2.36. The third-order valence-corrected chi connectivity index (χ3v) is 2.80. The summed E-state index contributed by atoms with van der Waals surface area (Å²) in [6.07, 6.45) is 3.19. The fraction of sp³-hybridized carbons (Fsp3) is 0.143. The molecule has 0 fully saturated rings. The number of hydrogen-bond donors (Lipinski definition) is 2. The SMILES string of the molecule is Cc1cc(NC(=O)c2ccncc2)c(C)cc1N. The average molecular weight is 241 g/mol. The van der Waals surface area contributed by atoms with E-state index >= 15 is 0 Å². The van der Waals surface area contributed by atoms with Crippen LogP contribution in [0, 0.1) is 13.8 Å². The quantitative estimate of drug-likeness (QED) is 0.794. The fourth-order valence-corrected chi connectivity index (χ4v) is 1.67. The molecule has 0 aliphatic rings. The van der Waals surface area contributed by atoms with E-state index in [0.717, 1.165) is 22.5 Å². The fourth-order valence-electron chi connectivity index (χ4n) is 1.67. The lowest BCUT2D eigenvalue weighted by atomic mass is 10.1. The lowest BCUT2D eigenvalue weighted by molar-refractivity contribution is 0.102. The minimum absolute atomic E-state index is 0.148. The number of aryl methyl sites for hydroxylation is 2. The molecule has 2 aromatic rings. The number of amides is 1. The van der Waals surface area contributed by atoms with Crippen LogP contribution in [-0.2, 0) is 0 Å². The standard InChI is InChI=1S/C14H15N3O/c1-9-8-13(10(2)7-12(9)15)17-14(18)11-3-5-16-6-4-11/h3-8H,15H2,1-2H3,(H,17,18). The predicted octanol–water partition coefficient (Wildman–Crippen LogP) is 2.53. The molecule has 4 nitrogen and oxygen atoms in total. The zero-order valence-corrected chi connectivity index (χ0v) is 10.4. The summed E-state index contributed by atoms with van der Waals surface area (Å²) in [6.45, 7) is 3.83. The first-order chi connectivity index (χ1) is 8.58. The largest absolute Gasteiger partial charge is 0.399 e. The van der Waals surface area contributed by atoms with Gasteiger partial charge in [-0.05, 0) is 49.2 Å². The molecular formula is C14H15N3O. The van der Waals surface area contributed by atoms with Crippen molar-refractivity contribution in [3.05, 3.63) is 53.3 Å². The highest BCUT2D eigenvalue weighted by atomic mass is 16.1. The number of anilines is 2. The van der Waals surface area contributed by atoms with Gasteiger partial charge in [-0.3, -0.25) is 9.78 Å². The van der Waals surface area contributed by atoms with E-state index in [1.54, 1.807) is 24.5 Å². The van der Waals surface area contributed by atoms with E-state index in [-0.39, 0.29) is 5.91 Å². The summed E-state index contributed by atoms with van der Waals surface area (Å²) < 4.78 is 0. The first-order valence-electron chi connectivity index (χ1n) is 5.66. The van der Waals surface area contributed by atoms with Crippen LogP contribution in [0.2, 0.25) is 0 Å². The molecule has 4 heteroatoms. The van der Waals surface area contributed by atoms with Gasteiger partial charge >= 0.3 is 0 Å². The van der Waals surface area contributed by atoms with Gasteiger partial charge in [-0.25, -0.2) is 0 Å². The first-order valence-corrected chi connectivity index (χ1v) is 5.66. The van der Waals surface area contributed by atoms with Crippen LogP contribution in [0.3, 0.4) is 0 Å². The Kier molecular flexibility index (Phi) is 3.28. The van der Waals surface area contributed by atoms with Gasteiger partial charge in [0.25, 0.3) is 5.91 Å². The van der Waals surface area contributed by atoms with Crippen LogP contribution < -0.4 is 11.1 Å². The van der Waals surface area contributed by atoms with Crippen LogP contribution in [0.5, 0.6) is 0 Å². The van der Waals surface area contributed by atoms with Crippen molar-refractivity contribution in [2.75, 3.05) is 11.1 Å². The Morgan fingerprint density at radius 3 is 2.50 bits per heavy atom.